The van der Waals surface area contributed by atoms with Gasteiger partial charge in [0.05, 0.1) is 0 Å². The van der Waals surface area contributed by atoms with Crippen molar-refractivity contribution >= 4 is 5.91 Å². The quantitative estimate of drug-likeness (QED) is 0.710. The third-order valence-electron chi connectivity index (χ3n) is 2.82. The van der Waals surface area contributed by atoms with Crippen LogP contribution in [0.5, 0.6) is 0 Å². The lowest BCUT2D eigenvalue weighted by atomic mass is 10.00. The van der Waals surface area contributed by atoms with E-state index in [1.165, 1.54) is 19.1 Å². The Labute approximate surface area is 95.2 Å². The van der Waals surface area contributed by atoms with Crippen molar-refractivity contribution in [2.24, 2.45) is 5.92 Å². The van der Waals surface area contributed by atoms with Crippen molar-refractivity contribution in [3.8, 4) is 0 Å². The molecule has 0 radical (unpaired) electrons. The van der Waals surface area contributed by atoms with Crippen molar-refractivity contribution < 1.29 is 14.3 Å². The number of hydrogen-bond acceptors (Lipinski definition) is 4. The van der Waals surface area contributed by atoms with Crippen LogP contribution in [0, 0.1) is 5.92 Å². The highest BCUT2D eigenvalue weighted by molar-refractivity contribution is 5.91. The van der Waals surface area contributed by atoms with E-state index in [2.05, 4.69) is 10.6 Å². The van der Waals surface area contributed by atoms with Crippen molar-refractivity contribution in [3.63, 3.8) is 0 Å². The monoisotopic (exact) mass is 226 g/mol. The second-order valence-corrected chi connectivity index (χ2v) is 4.12. The summed E-state index contributed by atoms with van der Waals surface area (Å²) >= 11 is 0. The fraction of sp³-hybridized carbons (Fsp3) is 0.727. The van der Waals surface area contributed by atoms with Gasteiger partial charge >= 0.3 is 0 Å². The van der Waals surface area contributed by atoms with Crippen LogP contribution in [-0.2, 0) is 14.3 Å². The molecule has 1 unspecified atom stereocenters. The highest BCUT2D eigenvalue weighted by Crippen LogP contribution is 2.09. The van der Waals surface area contributed by atoms with E-state index in [4.69, 9.17) is 9.47 Å². The van der Waals surface area contributed by atoms with Gasteiger partial charge in [0.2, 0.25) is 5.76 Å². The zero-order valence-electron chi connectivity index (χ0n) is 9.33. The number of ether oxygens (including phenoxy) is 2. The maximum absolute atomic E-state index is 11.6. The molecular formula is C11H18N2O3. The Morgan fingerprint density at radius 1 is 1.56 bits per heavy atom. The number of hydrogen-bond donors (Lipinski definition) is 2. The highest BCUT2D eigenvalue weighted by atomic mass is 16.6. The summed E-state index contributed by atoms with van der Waals surface area (Å²) < 4.78 is 10.2. The summed E-state index contributed by atoms with van der Waals surface area (Å²) in [6, 6.07) is 0. The molecule has 0 aromatic rings. The number of amides is 1. The van der Waals surface area contributed by atoms with Gasteiger partial charge < -0.3 is 20.1 Å². The predicted octanol–water partition coefficient (Wildman–Crippen LogP) is -0.00960. The third-order valence-corrected chi connectivity index (χ3v) is 2.82. The van der Waals surface area contributed by atoms with E-state index in [1.54, 1.807) is 0 Å². The molecule has 0 spiro atoms. The Bertz CT molecular complexity index is 272. The molecule has 1 amide bonds. The molecule has 0 aromatic carbocycles. The first-order chi connectivity index (χ1) is 7.86. The Hall–Kier alpha value is -1.23. The third kappa shape index (κ3) is 3.13. The highest BCUT2D eigenvalue weighted by Gasteiger charge is 2.18. The smallest absolute Gasteiger partial charge is 0.289 e. The molecule has 5 heteroatoms. The molecule has 1 atom stereocenters. The number of nitrogens with one attached hydrogen (secondary N) is 2. The van der Waals surface area contributed by atoms with Crippen LogP contribution >= 0.6 is 0 Å². The Morgan fingerprint density at radius 2 is 2.50 bits per heavy atom. The van der Waals surface area contributed by atoms with E-state index in [-0.39, 0.29) is 11.7 Å². The summed E-state index contributed by atoms with van der Waals surface area (Å²) in [6.45, 7) is 3.74. The van der Waals surface area contributed by atoms with Gasteiger partial charge in [-0.1, -0.05) is 0 Å². The molecule has 0 saturated carbocycles. The van der Waals surface area contributed by atoms with Crippen LogP contribution in [0.4, 0.5) is 0 Å². The molecule has 0 bridgehead atoms. The van der Waals surface area contributed by atoms with Gasteiger partial charge in [-0.3, -0.25) is 4.79 Å². The molecule has 2 aliphatic heterocycles. The van der Waals surface area contributed by atoms with Crippen LogP contribution in [0.1, 0.15) is 12.8 Å². The lowest BCUT2D eigenvalue weighted by Gasteiger charge is -2.23. The second-order valence-electron chi connectivity index (χ2n) is 4.12. The average molecular weight is 226 g/mol. The SMILES string of the molecule is O=C(NCC1CCCNC1)C1=COCCO1. The molecule has 2 N–H and O–H groups in total. The number of piperidine rings is 1. The van der Waals surface area contributed by atoms with Crippen molar-refractivity contribution in [3.05, 3.63) is 12.0 Å². The van der Waals surface area contributed by atoms with E-state index in [1.807, 2.05) is 0 Å². The summed E-state index contributed by atoms with van der Waals surface area (Å²) in [5, 5.41) is 6.19. The van der Waals surface area contributed by atoms with E-state index in [0.29, 0.717) is 25.7 Å². The maximum atomic E-state index is 11.6. The number of carbonyl (C=O) groups excluding carboxylic acids is 1. The first-order valence-corrected chi connectivity index (χ1v) is 5.80. The van der Waals surface area contributed by atoms with Gasteiger partial charge in [0.15, 0.2) is 0 Å². The first kappa shape index (κ1) is 11.3. The van der Waals surface area contributed by atoms with Crippen molar-refractivity contribution in [1.82, 2.24) is 10.6 Å². The summed E-state index contributed by atoms with van der Waals surface area (Å²) in [5.41, 5.74) is 0. The van der Waals surface area contributed by atoms with Gasteiger partial charge in [0, 0.05) is 6.54 Å². The minimum atomic E-state index is -0.176. The van der Waals surface area contributed by atoms with E-state index in [0.717, 1.165) is 13.1 Å². The molecule has 5 nitrogen and oxygen atoms in total. The van der Waals surface area contributed by atoms with Crippen LogP contribution in [0.2, 0.25) is 0 Å². The van der Waals surface area contributed by atoms with Crippen LogP contribution in [0.25, 0.3) is 0 Å². The molecule has 90 valence electrons. The second kappa shape index (κ2) is 5.75. The fourth-order valence-corrected chi connectivity index (χ4v) is 1.91. The topological polar surface area (TPSA) is 59.6 Å². The zero-order chi connectivity index (χ0) is 11.2. The lowest BCUT2D eigenvalue weighted by Crippen LogP contribution is -2.39. The van der Waals surface area contributed by atoms with Gasteiger partial charge in [-0.25, -0.2) is 0 Å². The van der Waals surface area contributed by atoms with E-state index < -0.39 is 0 Å². The Kier molecular flexibility index (Phi) is 4.04. The van der Waals surface area contributed by atoms with Gasteiger partial charge in [0.1, 0.15) is 19.5 Å². The molecule has 2 rings (SSSR count). The fourth-order valence-electron chi connectivity index (χ4n) is 1.91. The average Bonchev–Trinajstić information content (AvgIpc) is 2.38. The molecule has 0 aromatic heterocycles. The lowest BCUT2D eigenvalue weighted by molar-refractivity contribution is -0.122. The summed E-state index contributed by atoms with van der Waals surface area (Å²) in [6.07, 6.45) is 3.74. The van der Waals surface area contributed by atoms with Gasteiger partial charge in [0.25, 0.3) is 5.91 Å². The minimum absolute atomic E-state index is 0.176. The van der Waals surface area contributed by atoms with E-state index >= 15 is 0 Å². The van der Waals surface area contributed by atoms with Crippen LogP contribution in [0.3, 0.4) is 0 Å². The van der Waals surface area contributed by atoms with Crippen molar-refractivity contribution in [2.45, 2.75) is 12.8 Å². The van der Waals surface area contributed by atoms with Gasteiger partial charge in [-0.2, -0.15) is 0 Å². The van der Waals surface area contributed by atoms with Crippen LogP contribution in [-0.4, -0.2) is 38.8 Å². The minimum Gasteiger partial charge on any atom is -0.494 e. The summed E-state index contributed by atoms with van der Waals surface area (Å²) in [4.78, 5) is 11.6. The van der Waals surface area contributed by atoms with E-state index in [9.17, 15) is 4.79 Å². The number of carbonyl (C=O) groups is 1. The molecule has 1 fully saturated rings. The normalized spacial score (nSPS) is 25.0. The van der Waals surface area contributed by atoms with Crippen molar-refractivity contribution in [1.29, 1.82) is 0 Å². The molecule has 0 aliphatic carbocycles. The Morgan fingerprint density at radius 3 is 3.19 bits per heavy atom. The zero-order valence-corrected chi connectivity index (χ0v) is 9.33. The van der Waals surface area contributed by atoms with Gasteiger partial charge in [-0.05, 0) is 31.8 Å². The number of rotatable bonds is 3. The van der Waals surface area contributed by atoms with Gasteiger partial charge in [-0.15, -0.1) is 0 Å². The first-order valence-electron chi connectivity index (χ1n) is 5.80. The Balaban J connectivity index is 1.72. The molecule has 2 aliphatic rings. The molecular weight excluding hydrogens is 208 g/mol. The maximum Gasteiger partial charge on any atom is 0.289 e. The molecule has 2 heterocycles. The molecule has 1 saturated heterocycles. The summed E-state index contributed by atoms with van der Waals surface area (Å²) in [7, 11) is 0. The standard InChI is InChI=1S/C11H18N2O3/c14-11(10-8-15-4-5-16-10)13-7-9-2-1-3-12-6-9/h8-9,12H,1-7H2,(H,13,14). The largest absolute Gasteiger partial charge is 0.494 e. The van der Waals surface area contributed by atoms with Crippen molar-refractivity contribution in [2.75, 3.05) is 32.8 Å². The van der Waals surface area contributed by atoms with Crippen LogP contribution < -0.4 is 10.6 Å². The summed E-state index contributed by atoms with van der Waals surface area (Å²) in [5.74, 6) is 0.642. The molecule has 16 heavy (non-hydrogen) atoms. The predicted molar refractivity (Wildman–Crippen MR) is 58.6 cm³/mol. The van der Waals surface area contributed by atoms with Crippen LogP contribution in [0.15, 0.2) is 12.0 Å².